The second-order valence-electron chi connectivity index (χ2n) is 4.23. The van der Waals surface area contributed by atoms with Gasteiger partial charge >= 0.3 is 0 Å². The first-order valence-electron chi connectivity index (χ1n) is 6.04. The maximum absolute atomic E-state index is 5.51. The van der Waals surface area contributed by atoms with Gasteiger partial charge in [-0.15, -0.1) is 0 Å². The molecular formula is C16H12N2S. The van der Waals surface area contributed by atoms with Crippen molar-refractivity contribution in [2.24, 2.45) is 0 Å². The fraction of sp³-hybridized carbons (Fsp3) is 0. The molecule has 19 heavy (non-hydrogen) atoms. The van der Waals surface area contributed by atoms with Crippen LogP contribution in [0, 0.1) is 0 Å². The lowest BCUT2D eigenvalue weighted by Gasteiger charge is -2.05. The molecule has 2 nitrogen and oxygen atoms in total. The van der Waals surface area contributed by atoms with Crippen molar-refractivity contribution < 1.29 is 0 Å². The highest BCUT2D eigenvalue weighted by atomic mass is 32.1. The molecule has 0 saturated carbocycles. The minimum atomic E-state index is 0.870. The van der Waals surface area contributed by atoms with Gasteiger partial charge in [-0.05, 0) is 17.2 Å². The van der Waals surface area contributed by atoms with E-state index in [1.54, 1.807) is 0 Å². The smallest absolute Gasteiger partial charge is 0.0920 e. The van der Waals surface area contributed by atoms with E-state index in [9.17, 15) is 0 Å². The van der Waals surface area contributed by atoms with Gasteiger partial charge in [-0.25, -0.2) is 0 Å². The summed E-state index contributed by atoms with van der Waals surface area (Å²) in [6.45, 7) is 0. The summed E-state index contributed by atoms with van der Waals surface area (Å²) in [5.41, 5.74) is 4.16. The highest BCUT2D eigenvalue weighted by Crippen LogP contribution is 2.18. The zero-order valence-corrected chi connectivity index (χ0v) is 11.0. The molecule has 0 saturated heterocycles. The van der Waals surface area contributed by atoms with Crippen molar-refractivity contribution in [2.75, 3.05) is 0 Å². The number of aromatic amines is 1. The summed E-state index contributed by atoms with van der Waals surface area (Å²) in [4.78, 5) is 0.870. The van der Waals surface area contributed by atoms with E-state index < -0.39 is 0 Å². The van der Waals surface area contributed by atoms with Crippen LogP contribution in [0.3, 0.4) is 0 Å². The molecule has 1 aromatic heterocycles. The summed E-state index contributed by atoms with van der Waals surface area (Å²) in [6.07, 6.45) is 1.82. The monoisotopic (exact) mass is 264 g/mol. The number of rotatable bonds is 3. The van der Waals surface area contributed by atoms with Gasteiger partial charge in [-0.2, -0.15) is 5.10 Å². The number of benzene rings is 2. The molecule has 92 valence electrons. The number of hydrogen-bond acceptors (Lipinski definition) is 2. The summed E-state index contributed by atoms with van der Waals surface area (Å²) in [7, 11) is 0. The predicted octanol–water partition coefficient (Wildman–Crippen LogP) is 3.84. The normalized spacial score (nSPS) is 10.3. The summed E-state index contributed by atoms with van der Waals surface area (Å²) < 4.78 is 0. The van der Waals surface area contributed by atoms with Crippen LogP contribution in [0.4, 0.5) is 0 Å². The van der Waals surface area contributed by atoms with E-state index in [0.717, 1.165) is 27.2 Å². The third-order valence-electron chi connectivity index (χ3n) is 2.98. The molecule has 0 fully saturated rings. The Morgan fingerprint density at radius 2 is 1.53 bits per heavy atom. The molecule has 0 amide bonds. The van der Waals surface area contributed by atoms with Gasteiger partial charge < -0.3 is 0 Å². The number of thiocarbonyl (C=S) groups is 1. The molecule has 0 aliphatic heterocycles. The Kier molecular flexibility index (Phi) is 3.21. The first kappa shape index (κ1) is 11.8. The third kappa shape index (κ3) is 2.46. The minimum Gasteiger partial charge on any atom is -0.285 e. The Morgan fingerprint density at radius 3 is 2.16 bits per heavy atom. The van der Waals surface area contributed by atoms with Gasteiger partial charge in [0.15, 0.2) is 0 Å². The Bertz CT molecular complexity index is 671. The van der Waals surface area contributed by atoms with Crippen LogP contribution in [0.25, 0.3) is 11.3 Å². The molecule has 0 atom stereocenters. The van der Waals surface area contributed by atoms with Gasteiger partial charge in [0.2, 0.25) is 0 Å². The van der Waals surface area contributed by atoms with Crippen LogP contribution in [0.1, 0.15) is 11.1 Å². The number of nitrogens with zero attached hydrogens (tertiary/aromatic N) is 1. The van der Waals surface area contributed by atoms with Crippen LogP contribution >= 0.6 is 12.2 Å². The number of H-pyrrole nitrogens is 1. The number of aromatic nitrogens is 2. The number of nitrogens with one attached hydrogen (secondary N) is 1. The standard InChI is InChI=1S/C16H12N2S/c19-16(13-4-2-1-3-5-13)14-8-6-12(7-9-14)15-10-11-17-18-15/h1-11H,(H,17,18). The predicted molar refractivity (Wildman–Crippen MR) is 81.3 cm³/mol. The van der Waals surface area contributed by atoms with Gasteiger partial charge in [0, 0.05) is 11.8 Å². The average Bonchev–Trinajstić information content (AvgIpc) is 3.02. The van der Waals surface area contributed by atoms with Crippen molar-refractivity contribution in [1.82, 2.24) is 10.2 Å². The first-order chi connectivity index (χ1) is 9.34. The maximum atomic E-state index is 5.51. The van der Waals surface area contributed by atoms with Gasteiger partial charge in [-0.3, -0.25) is 5.10 Å². The lowest BCUT2D eigenvalue weighted by Crippen LogP contribution is -1.98. The van der Waals surface area contributed by atoms with Crippen molar-refractivity contribution in [3.63, 3.8) is 0 Å². The summed E-state index contributed by atoms with van der Waals surface area (Å²) in [5.74, 6) is 0. The molecule has 3 aromatic rings. The second kappa shape index (κ2) is 5.16. The van der Waals surface area contributed by atoms with Crippen LogP contribution in [0.2, 0.25) is 0 Å². The molecular weight excluding hydrogens is 252 g/mol. The van der Waals surface area contributed by atoms with E-state index in [1.165, 1.54) is 0 Å². The van der Waals surface area contributed by atoms with E-state index >= 15 is 0 Å². The third-order valence-corrected chi connectivity index (χ3v) is 3.45. The Morgan fingerprint density at radius 1 is 0.842 bits per heavy atom. The van der Waals surface area contributed by atoms with Crippen LogP contribution in [0.5, 0.6) is 0 Å². The molecule has 2 aromatic carbocycles. The second-order valence-corrected chi connectivity index (χ2v) is 4.64. The molecule has 0 bridgehead atoms. The molecule has 3 rings (SSSR count). The number of hydrogen-bond donors (Lipinski definition) is 1. The van der Waals surface area contributed by atoms with Crippen molar-refractivity contribution in [3.8, 4) is 11.3 Å². The minimum absolute atomic E-state index is 0.870. The van der Waals surface area contributed by atoms with Crippen molar-refractivity contribution in [2.45, 2.75) is 0 Å². The largest absolute Gasteiger partial charge is 0.285 e. The average molecular weight is 264 g/mol. The van der Waals surface area contributed by atoms with Gasteiger partial charge in [0.05, 0.1) is 10.6 Å². The fourth-order valence-corrected chi connectivity index (χ4v) is 2.24. The summed E-state index contributed by atoms with van der Waals surface area (Å²) >= 11 is 5.51. The molecule has 1 heterocycles. The van der Waals surface area contributed by atoms with E-state index in [2.05, 4.69) is 10.2 Å². The summed E-state index contributed by atoms with van der Waals surface area (Å²) in [5, 5.41) is 6.98. The zero-order valence-electron chi connectivity index (χ0n) is 10.2. The van der Waals surface area contributed by atoms with Crippen LogP contribution < -0.4 is 0 Å². The van der Waals surface area contributed by atoms with Crippen LogP contribution in [0.15, 0.2) is 66.9 Å². The Labute approximate surface area is 117 Å². The SMILES string of the molecule is S=C(c1ccccc1)c1ccc(-c2cc[nH]n2)cc1. The quantitative estimate of drug-likeness (QED) is 0.575. The first-order valence-corrected chi connectivity index (χ1v) is 6.45. The Hall–Kier alpha value is -2.26. The Balaban J connectivity index is 1.89. The molecule has 1 N–H and O–H groups in total. The van der Waals surface area contributed by atoms with Crippen molar-refractivity contribution >= 4 is 17.1 Å². The van der Waals surface area contributed by atoms with Gasteiger partial charge in [0.25, 0.3) is 0 Å². The van der Waals surface area contributed by atoms with Crippen LogP contribution in [-0.2, 0) is 0 Å². The lowest BCUT2D eigenvalue weighted by atomic mass is 10.0. The highest BCUT2D eigenvalue weighted by Gasteiger charge is 2.05. The topological polar surface area (TPSA) is 28.7 Å². The highest BCUT2D eigenvalue weighted by molar-refractivity contribution is 7.81. The van der Waals surface area contributed by atoms with Gasteiger partial charge in [-0.1, -0.05) is 66.8 Å². The van der Waals surface area contributed by atoms with E-state index in [0.29, 0.717) is 0 Å². The van der Waals surface area contributed by atoms with Crippen LogP contribution in [-0.4, -0.2) is 15.1 Å². The summed E-state index contributed by atoms with van der Waals surface area (Å²) in [6, 6.07) is 20.2. The van der Waals surface area contributed by atoms with Crippen molar-refractivity contribution in [3.05, 3.63) is 78.0 Å². The molecule has 0 unspecified atom stereocenters. The molecule has 0 spiro atoms. The molecule has 0 aliphatic rings. The maximum Gasteiger partial charge on any atom is 0.0920 e. The van der Waals surface area contributed by atoms with E-state index in [1.807, 2.05) is 66.9 Å². The zero-order chi connectivity index (χ0) is 13.1. The van der Waals surface area contributed by atoms with E-state index in [4.69, 9.17) is 12.2 Å². The lowest BCUT2D eigenvalue weighted by molar-refractivity contribution is 1.10. The van der Waals surface area contributed by atoms with Crippen molar-refractivity contribution in [1.29, 1.82) is 0 Å². The fourth-order valence-electron chi connectivity index (χ4n) is 1.97. The molecule has 0 aliphatic carbocycles. The van der Waals surface area contributed by atoms with E-state index in [-0.39, 0.29) is 0 Å². The molecule has 3 heteroatoms. The van der Waals surface area contributed by atoms with Gasteiger partial charge in [0.1, 0.15) is 0 Å². The molecule has 0 radical (unpaired) electrons.